The van der Waals surface area contributed by atoms with Crippen molar-refractivity contribution in [3.63, 3.8) is 0 Å². The zero-order chi connectivity index (χ0) is 5.98. The standard InChI is InChI=1S/C3H6N4O/c4-2-5-1-6-3(8)7-2/h1,3,8H,(H3,4,5,6,7)/t3-/m1/s1. The highest BCUT2D eigenvalue weighted by molar-refractivity contribution is 5.90. The summed E-state index contributed by atoms with van der Waals surface area (Å²) >= 11 is 0. The van der Waals surface area contributed by atoms with Gasteiger partial charge in [0.15, 0.2) is 5.96 Å². The summed E-state index contributed by atoms with van der Waals surface area (Å²) in [6.07, 6.45) is 0.281. The van der Waals surface area contributed by atoms with Crippen LogP contribution in [0.2, 0.25) is 0 Å². The zero-order valence-corrected chi connectivity index (χ0v) is 4.07. The lowest BCUT2D eigenvalue weighted by molar-refractivity contribution is 0.193. The second-order valence-electron chi connectivity index (χ2n) is 1.28. The van der Waals surface area contributed by atoms with E-state index in [2.05, 4.69) is 15.3 Å². The monoisotopic (exact) mass is 114 g/mol. The summed E-state index contributed by atoms with van der Waals surface area (Å²) in [5.74, 6) is 0.188. The molecule has 1 rings (SSSR count). The first-order valence-electron chi connectivity index (χ1n) is 2.08. The van der Waals surface area contributed by atoms with Crippen LogP contribution in [-0.4, -0.2) is 23.8 Å². The van der Waals surface area contributed by atoms with Gasteiger partial charge in [-0.25, -0.2) is 4.99 Å². The summed E-state index contributed by atoms with van der Waals surface area (Å²) < 4.78 is 0. The number of hydrogen-bond acceptors (Lipinski definition) is 5. The summed E-state index contributed by atoms with van der Waals surface area (Å²) in [5, 5.41) is 11.1. The topological polar surface area (TPSA) is 83.0 Å². The normalized spacial score (nSPS) is 26.6. The van der Waals surface area contributed by atoms with E-state index in [1.165, 1.54) is 6.34 Å². The Morgan fingerprint density at radius 1 is 1.88 bits per heavy atom. The van der Waals surface area contributed by atoms with Crippen LogP contribution in [0, 0.1) is 0 Å². The van der Waals surface area contributed by atoms with Crippen LogP contribution in [0.4, 0.5) is 0 Å². The van der Waals surface area contributed by atoms with E-state index in [9.17, 15) is 0 Å². The van der Waals surface area contributed by atoms with Crippen molar-refractivity contribution in [3.8, 4) is 0 Å². The van der Waals surface area contributed by atoms with E-state index in [-0.39, 0.29) is 5.96 Å². The number of aliphatic hydroxyl groups is 1. The average molecular weight is 114 g/mol. The smallest absolute Gasteiger partial charge is 0.247 e. The van der Waals surface area contributed by atoms with Gasteiger partial charge in [0.1, 0.15) is 0 Å². The minimum atomic E-state index is -1.02. The summed E-state index contributed by atoms with van der Waals surface area (Å²) in [4.78, 5) is 6.86. The third-order valence-electron chi connectivity index (χ3n) is 0.675. The molecule has 0 radical (unpaired) electrons. The third-order valence-corrected chi connectivity index (χ3v) is 0.675. The average Bonchev–Trinajstić information content (AvgIpc) is 1.64. The van der Waals surface area contributed by atoms with Crippen molar-refractivity contribution in [2.45, 2.75) is 6.35 Å². The molecule has 0 saturated carbocycles. The quantitative estimate of drug-likeness (QED) is 0.347. The Labute approximate surface area is 45.9 Å². The van der Waals surface area contributed by atoms with Gasteiger partial charge in [0.2, 0.25) is 6.35 Å². The van der Waals surface area contributed by atoms with Crippen LogP contribution >= 0.6 is 0 Å². The molecule has 1 aliphatic rings. The minimum Gasteiger partial charge on any atom is -0.370 e. The van der Waals surface area contributed by atoms with Gasteiger partial charge >= 0.3 is 0 Å². The molecular weight excluding hydrogens is 108 g/mol. The zero-order valence-electron chi connectivity index (χ0n) is 4.07. The molecule has 0 aromatic carbocycles. The van der Waals surface area contributed by atoms with Crippen LogP contribution in [0.15, 0.2) is 9.98 Å². The second kappa shape index (κ2) is 1.79. The highest BCUT2D eigenvalue weighted by Gasteiger charge is 2.00. The van der Waals surface area contributed by atoms with Crippen molar-refractivity contribution in [3.05, 3.63) is 0 Å². The van der Waals surface area contributed by atoms with Crippen LogP contribution < -0.4 is 11.1 Å². The van der Waals surface area contributed by atoms with Gasteiger partial charge in [-0.05, 0) is 0 Å². The Kier molecular flexibility index (Phi) is 1.13. The molecule has 0 spiro atoms. The van der Waals surface area contributed by atoms with E-state index in [1.807, 2.05) is 0 Å². The minimum absolute atomic E-state index is 0.188. The van der Waals surface area contributed by atoms with E-state index >= 15 is 0 Å². The van der Waals surface area contributed by atoms with Crippen LogP contribution in [0.5, 0.6) is 0 Å². The largest absolute Gasteiger partial charge is 0.370 e. The van der Waals surface area contributed by atoms with Gasteiger partial charge < -0.3 is 16.2 Å². The van der Waals surface area contributed by atoms with E-state index in [0.717, 1.165) is 0 Å². The molecule has 0 amide bonds. The SMILES string of the molecule is NC1=N[C@H](O)N=CN1. The van der Waals surface area contributed by atoms with E-state index in [0.29, 0.717) is 0 Å². The number of aliphatic imine (C=N–C) groups is 2. The van der Waals surface area contributed by atoms with Crippen molar-refractivity contribution < 1.29 is 5.11 Å². The lowest BCUT2D eigenvalue weighted by atomic mass is 10.8. The molecule has 1 heterocycles. The first kappa shape index (κ1) is 5.04. The lowest BCUT2D eigenvalue weighted by Gasteiger charge is -2.06. The van der Waals surface area contributed by atoms with Crippen LogP contribution in [0.25, 0.3) is 0 Å². The Bertz CT molecular complexity index is 140. The maximum absolute atomic E-state index is 8.57. The predicted octanol–water partition coefficient (Wildman–Crippen LogP) is -1.79. The van der Waals surface area contributed by atoms with Crippen molar-refractivity contribution >= 4 is 12.3 Å². The van der Waals surface area contributed by atoms with Gasteiger partial charge in [-0.1, -0.05) is 0 Å². The fourth-order valence-corrected chi connectivity index (χ4v) is 0.365. The summed E-state index contributed by atoms with van der Waals surface area (Å²) in [5.41, 5.74) is 5.11. The van der Waals surface area contributed by atoms with Gasteiger partial charge in [0.25, 0.3) is 0 Å². The molecule has 0 aromatic rings. The van der Waals surface area contributed by atoms with Gasteiger partial charge in [-0.2, -0.15) is 4.99 Å². The molecule has 5 heteroatoms. The van der Waals surface area contributed by atoms with Crippen molar-refractivity contribution in [1.82, 2.24) is 5.32 Å². The maximum atomic E-state index is 8.57. The van der Waals surface area contributed by atoms with Gasteiger partial charge in [0, 0.05) is 0 Å². The van der Waals surface area contributed by atoms with Crippen LogP contribution in [0.3, 0.4) is 0 Å². The van der Waals surface area contributed by atoms with E-state index < -0.39 is 6.35 Å². The summed E-state index contributed by atoms with van der Waals surface area (Å²) in [7, 11) is 0. The fourth-order valence-electron chi connectivity index (χ4n) is 0.365. The fraction of sp³-hybridized carbons (Fsp3) is 0.333. The molecule has 4 N–H and O–H groups in total. The Hall–Kier alpha value is -1.10. The molecule has 0 fully saturated rings. The number of hydrogen-bond donors (Lipinski definition) is 3. The first-order chi connectivity index (χ1) is 3.79. The third kappa shape index (κ3) is 0.941. The Morgan fingerprint density at radius 3 is 3.00 bits per heavy atom. The van der Waals surface area contributed by atoms with E-state index in [1.54, 1.807) is 0 Å². The number of aliphatic hydroxyl groups excluding tert-OH is 1. The van der Waals surface area contributed by atoms with Crippen LogP contribution in [-0.2, 0) is 0 Å². The number of guanidine groups is 1. The molecule has 1 aliphatic heterocycles. The Morgan fingerprint density at radius 2 is 2.62 bits per heavy atom. The van der Waals surface area contributed by atoms with Gasteiger partial charge in [-0.15, -0.1) is 0 Å². The van der Waals surface area contributed by atoms with Gasteiger partial charge in [-0.3, -0.25) is 0 Å². The number of nitrogens with two attached hydrogens (primary N) is 1. The molecule has 8 heavy (non-hydrogen) atoms. The molecule has 5 nitrogen and oxygen atoms in total. The number of nitrogens with zero attached hydrogens (tertiary/aromatic N) is 2. The molecule has 0 unspecified atom stereocenters. The van der Waals surface area contributed by atoms with Crippen molar-refractivity contribution in [2.75, 3.05) is 0 Å². The number of rotatable bonds is 0. The van der Waals surface area contributed by atoms with Gasteiger partial charge in [0.05, 0.1) is 6.34 Å². The lowest BCUT2D eigenvalue weighted by Crippen LogP contribution is -2.35. The number of nitrogens with one attached hydrogen (secondary N) is 1. The van der Waals surface area contributed by atoms with Crippen molar-refractivity contribution in [2.24, 2.45) is 15.7 Å². The maximum Gasteiger partial charge on any atom is 0.247 e. The highest BCUT2D eigenvalue weighted by Crippen LogP contribution is 1.86. The summed E-state index contributed by atoms with van der Waals surface area (Å²) in [6, 6.07) is 0. The molecular formula is C3H6N4O. The van der Waals surface area contributed by atoms with Crippen molar-refractivity contribution in [1.29, 1.82) is 0 Å². The molecule has 0 saturated heterocycles. The Balaban J connectivity index is 2.60. The predicted molar refractivity (Wildman–Crippen MR) is 29.3 cm³/mol. The highest BCUT2D eigenvalue weighted by atomic mass is 16.3. The van der Waals surface area contributed by atoms with E-state index in [4.69, 9.17) is 10.8 Å². The molecule has 44 valence electrons. The molecule has 0 bridgehead atoms. The second-order valence-corrected chi connectivity index (χ2v) is 1.28. The summed E-state index contributed by atoms with van der Waals surface area (Å²) in [6.45, 7) is 0. The van der Waals surface area contributed by atoms with Crippen LogP contribution in [0.1, 0.15) is 0 Å². The first-order valence-corrected chi connectivity index (χ1v) is 2.08. The molecule has 0 aliphatic carbocycles. The molecule has 1 atom stereocenters. The molecule has 0 aromatic heterocycles.